The van der Waals surface area contributed by atoms with E-state index in [-0.39, 0.29) is 6.04 Å². The van der Waals surface area contributed by atoms with Crippen molar-refractivity contribution in [2.75, 3.05) is 7.05 Å². The van der Waals surface area contributed by atoms with Crippen LogP contribution in [0.25, 0.3) is 0 Å². The van der Waals surface area contributed by atoms with Crippen LogP contribution in [0.5, 0.6) is 0 Å². The highest BCUT2D eigenvalue weighted by molar-refractivity contribution is 5.85. The molecule has 80 valence electrons. The van der Waals surface area contributed by atoms with Crippen molar-refractivity contribution in [2.45, 2.75) is 58.0 Å². The number of likely N-dealkylation sites (N-methyl/N-ethyl adjacent to an activating group) is 1. The first-order valence-corrected chi connectivity index (χ1v) is 5.74. The lowest BCUT2D eigenvalue weighted by Gasteiger charge is -2.48. The van der Waals surface area contributed by atoms with Crippen molar-refractivity contribution in [2.24, 2.45) is 5.41 Å². The highest BCUT2D eigenvalue weighted by atomic mass is 16.1. The molecule has 2 aliphatic rings. The zero-order valence-electron chi connectivity index (χ0n) is 9.55. The number of carbonyl (C=O) groups excluding carboxylic acids is 1. The van der Waals surface area contributed by atoms with Gasteiger partial charge >= 0.3 is 0 Å². The molecule has 0 heterocycles. The lowest BCUT2D eigenvalue weighted by atomic mass is 9.67. The zero-order chi connectivity index (χ0) is 10.3. The average Bonchev–Trinajstić information content (AvgIpc) is 2.45. The van der Waals surface area contributed by atoms with Crippen molar-refractivity contribution in [3.05, 3.63) is 0 Å². The minimum absolute atomic E-state index is 0.246. The Morgan fingerprint density at radius 2 is 2.00 bits per heavy atom. The summed E-state index contributed by atoms with van der Waals surface area (Å²) in [5, 5.41) is 0. The van der Waals surface area contributed by atoms with Crippen molar-refractivity contribution >= 4 is 5.78 Å². The maximum atomic E-state index is 11.6. The first kappa shape index (κ1) is 10.2. The van der Waals surface area contributed by atoms with E-state index in [1.165, 1.54) is 12.8 Å². The van der Waals surface area contributed by atoms with Crippen LogP contribution in [0.2, 0.25) is 0 Å². The summed E-state index contributed by atoms with van der Waals surface area (Å²) in [4.78, 5) is 13.9. The Labute approximate surface area is 86.7 Å². The molecule has 0 bridgehead atoms. The quantitative estimate of drug-likeness (QED) is 0.673. The Morgan fingerprint density at radius 3 is 2.43 bits per heavy atom. The van der Waals surface area contributed by atoms with Crippen LogP contribution in [0, 0.1) is 5.41 Å². The van der Waals surface area contributed by atoms with Gasteiger partial charge in [-0.3, -0.25) is 9.69 Å². The predicted octanol–water partition coefficient (Wildman–Crippen LogP) is 2.23. The summed E-state index contributed by atoms with van der Waals surface area (Å²) in [6.45, 7) is 4.63. The van der Waals surface area contributed by atoms with E-state index in [1.807, 2.05) is 0 Å². The molecule has 1 atom stereocenters. The molecule has 2 saturated carbocycles. The molecule has 2 heteroatoms. The van der Waals surface area contributed by atoms with E-state index in [1.54, 1.807) is 0 Å². The first-order valence-electron chi connectivity index (χ1n) is 5.74. The smallest absolute Gasteiger partial charge is 0.149 e. The highest BCUT2D eigenvalue weighted by Gasteiger charge is 2.42. The molecule has 14 heavy (non-hydrogen) atoms. The fraction of sp³-hybridized carbons (Fsp3) is 0.917. The minimum atomic E-state index is 0.246. The van der Waals surface area contributed by atoms with Crippen LogP contribution in [-0.2, 0) is 4.79 Å². The minimum Gasteiger partial charge on any atom is -0.298 e. The van der Waals surface area contributed by atoms with Gasteiger partial charge in [-0.2, -0.15) is 0 Å². The van der Waals surface area contributed by atoms with E-state index in [0.29, 0.717) is 17.2 Å². The van der Waals surface area contributed by atoms with Crippen LogP contribution in [0.1, 0.15) is 46.0 Å². The summed E-state index contributed by atoms with van der Waals surface area (Å²) < 4.78 is 0. The van der Waals surface area contributed by atoms with E-state index in [4.69, 9.17) is 0 Å². The van der Waals surface area contributed by atoms with Gasteiger partial charge in [-0.1, -0.05) is 13.8 Å². The van der Waals surface area contributed by atoms with E-state index in [0.717, 1.165) is 19.3 Å². The Hall–Kier alpha value is -0.370. The molecule has 0 spiro atoms. The van der Waals surface area contributed by atoms with Gasteiger partial charge in [-0.25, -0.2) is 0 Å². The van der Waals surface area contributed by atoms with Crippen LogP contribution >= 0.6 is 0 Å². The molecule has 2 fully saturated rings. The average molecular weight is 195 g/mol. The van der Waals surface area contributed by atoms with E-state index in [9.17, 15) is 4.79 Å². The molecular formula is C12H21NO. The molecule has 2 aliphatic carbocycles. The van der Waals surface area contributed by atoms with Gasteiger partial charge in [0.05, 0.1) is 6.04 Å². The topological polar surface area (TPSA) is 20.3 Å². The van der Waals surface area contributed by atoms with Gasteiger partial charge in [0.1, 0.15) is 5.78 Å². The Balaban J connectivity index is 1.90. The van der Waals surface area contributed by atoms with Crippen LogP contribution in [-0.4, -0.2) is 29.8 Å². The lowest BCUT2D eigenvalue weighted by molar-refractivity contribution is -0.123. The molecular weight excluding hydrogens is 174 g/mol. The van der Waals surface area contributed by atoms with Gasteiger partial charge in [0.15, 0.2) is 0 Å². The molecule has 0 radical (unpaired) electrons. The Morgan fingerprint density at radius 1 is 1.36 bits per heavy atom. The second-order valence-electron chi connectivity index (χ2n) is 5.77. The molecule has 1 unspecified atom stereocenters. The molecule has 0 amide bonds. The normalized spacial score (nSPS) is 32.3. The number of hydrogen-bond donors (Lipinski definition) is 0. The number of rotatable bonds is 2. The second-order valence-corrected chi connectivity index (χ2v) is 5.77. The molecule has 0 N–H and O–H groups in total. The standard InChI is InChI=1S/C12H21NO/c1-12(2)7-9(8-12)13(3)10-5-4-6-11(10)14/h9-10H,4-8H2,1-3H3. The maximum absolute atomic E-state index is 11.6. The SMILES string of the molecule is CN(C1CC(C)(C)C1)C1CCCC1=O. The lowest BCUT2D eigenvalue weighted by Crippen LogP contribution is -2.51. The van der Waals surface area contributed by atoms with Gasteiger partial charge in [-0.05, 0) is 38.1 Å². The monoisotopic (exact) mass is 195 g/mol. The van der Waals surface area contributed by atoms with E-state index in [2.05, 4.69) is 25.8 Å². The second kappa shape index (κ2) is 3.34. The van der Waals surface area contributed by atoms with Crippen molar-refractivity contribution in [3.63, 3.8) is 0 Å². The molecule has 0 aromatic carbocycles. The number of nitrogens with zero attached hydrogens (tertiary/aromatic N) is 1. The van der Waals surface area contributed by atoms with Crippen molar-refractivity contribution in [1.82, 2.24) is 4.90 Å². The third-order valence-corrected chi connectivity index (χ3v) is 3.92. The van der Waals surface area contributed by atoms with Crippen molar-refractivity contribution in [3.8, 4) is 0 Å². The number of hydrogen-bond acceptors (Lipinski definition) is 2. The fourth-order valence-corrected chi connectivity index (χ4v) is 2.99. The summed E-state index contributed by atoms with van der Waals surface area (Å²) in [5.41, 5.74) is 0.514. The summed E-state index contributed by atoms with van der Waals surface area (Å²) in [6.07, 6.45) is 5.52. The predicted molar refractivity (Wildman–Crippen MR) is 57.2 cm³/mol. The Bertz CT molecular complexity index is 239. The van der Waals surface area contributed by atoms with Crippen molar-refractivity contribution in [1.29, 1.82) is 0 Å². The van der Waals surface area contributed by atoms with Crippen LogP contribution in [0.3, 0.4) is 0 Å². The van der Waals surface area contributed by atoms with Gasteiger partial charge in [0.2, 0.25) is 0 Å². The third kappa shape index (κ3) is 1.72. The molecule has 0 saturated heterocycles. The number of Topliss-reactive ketones (excluding diaryl/α,β-unsaturated/α-hetero) is 1. The maximum Gasteiger partial charge on any atom is 0.149 e. The molecule has 0 aliphatic heterocycles. The van der Waals surface area contributed by atoms with Crippen LogP contribution in [0.4, 0.5) is 0 Å². The highest BCUT2D eigenvalue weighted by Crippen LogP contribution is 2.43. The summed E-state index contributed by atoms with van der Waals surface area (Å²) >= 11 is 0. The number of carbonyl (C=O) groups is 1. The largest absolute Gasteiger partial charge is 0.298 e. The van der Waals surface area contributed by atoms with Gasteiger partial charge in [0, 0.05) is 12.5 Å². The fourth-order valence-electron chi connectivity index (χ4n) is 2.99. The molecule has 2 rings (SSSR count). The first-order chi connectivity index (χ1) is 6.49. The third-order valence-electron chi connectivity index (χ3n) is 3.92. The van der Waals surface area contributed by atoms with Crippen molar-refractivity contribution < 1.29 is 4.79 Å². The summed E-state index contributed by atoms with van der Waals surface area (Å²) in [5.74, 6) is 0.470. The molecule has 0 aromatic heterocycles. The van der Waals surface area contributed by atoms with Crippen LogP contribution < -0.4 is 0 Å². The van der Waals surface area contributed by atoms with E-state index < -0.39 is 0 Å². The summed E-state index contributed by atoms with van der Waals surface area (Å²) in [7, 11) is 2.13. The molecule has 2 nitrogen and oxygen atoms in total. The van der Waals surface area contributed by atoms with E-state index >= 15 is 0 Å². The number of ketones is 1. The van der Waals surface area contributed by atoms with Gasteiger partial charge < -0.3 is 0 Å². The van der Waals surface area contributed by atoms with Crippen LogP contribution in [0.15, 0.2) is 0 Å². The Kier molecular flexibility index (Phi) is 2.42. The summed E-state index contributed by atoms with van der Waals surface area (Å²) in [6, 6.07) is 0.910. The van der Waals surface area contributed by atoms with Gasteiger partial charge in [-0.15, -0.1) is 0 Å². The van der Waals surface area contributed by atoms with Gasteiger partial charge in [0.25, 0.3) is 0 Å². The zero-order valence-corrected chi connectivity index (χ0v) is 9.55. The molecule has 0 aromatic rings.